The van der Waals surface area contributed by atoms with Crippen LogP contribution in [0.3, 0.4) is 0 Å². The van der Waals surface area contributed by atoms with E-state index in [9.17, 15) is 14.4 Å². The third-order valence-corrected chi connectivity index (χ3v) is 8.58. The summed E-state index contributed by atoms with van der Waals surface area (Å²) in [6.07, 6.45) is 3.87. The van der Waals surface area contributed by atoms with Gasteiger partial charge in [-0.25, -0.2) is 4.39 Å². The van der Waals surface area contributed by atoms with E-state index in [-0.39, 0.29) is 47.6 Å². The number of hydrogen-bond acceptors (Lipinski definition) is 4. The normalized spacial score (nSPS) is 49.3. The highest BCUT2D eigenvalue weighted by Crippen LogP contribution is 2.64. The summed E-state index contributed by atoms with van der Waals surface area (Å²) < 4.78 is 20.8. The lowest BCUT2D eigenvalue weighted by atomic mass is 9.43. The van der Waals surface area contributed by atoms with Gasteiger partial charge in [0, 0.05) is 13.3 Å². The Morgan fingerprint density at radius 3 is 2.59 bits per heavy atom. The van der Waals surface area contributed by atoms with Crippen molar-refractivity contribution in [2.75, 3.05) is 0 Å². The minimum atomic E-state index is -1.22. The highest BCUT2D eigenvalue weighted by atomic mass is 19.1. The number of imide groups is 1. The molecule has 2 amide bonds. The standard InChI is InChI=1S/C21H30FNO4/c1-11(24)27-13-6-7-20(2)12(8-13)4-5-14-15(20)9-17(22)21(3)16(14)10-18(25)23-19(21)26/h12-17H,4-10H2,1-3H3,(H,23,25,26)/t12-,13-,14+,15-,16-,17-,20-,21+/m0/s1. The number of hydrogen-bond donors (Lipinski definition) is 1. The Morgan fingerprint density at radius 2 is 1.89 bits per heavy atom. The van der Waals surface area contributed by atoms with Crippen LogP contribution in [0, 0.1) is 34.5 Å². The summed E-state index contributed by atoms with van der Waals surface area (Å²) in [5, 5.41) is 2.37. The quantitative estimate of drug-likeness (QED) is 0.561. The zero-order chi connectivity index (χ0) is 19.6. The average molecular weight is 379 g/mol. The lowest BCUT2D eigenvalue weighted by molar-refractivity contribution is -0.182. The molecule has 0 spiro atoms. The maximum Gasteiger partial charge on any atom is 0.302 e. The molecule has 0 aromatic heterocycles. The van der Waals surface area contributed by atoms with Crippen LogP contribution in [0.2, 0.25) is 0 Å². The Morgan fingerprint density at radius 1 is 1.15 bits per heavy atom. The van der Waals surface area contributed by atoms with Crippen LogP contribution in [-0.2, 0) is 19.1 Å². The molecule has 0 unspecified atom stereocenters. The fourth-order valence-corrected chi connectivity index (χ4v) is 7.00. The number of esters is 1. The smallest absolute Gasteiger partial charge is 0.302 e. The van der Waals surface area contributed by atoms with Crippen molar-refractivity contribution in [3.05, 3.63) is 0 Å². The van der Waals surface area contributed by atoms with E-state index in [1.54, 1.807) is 6.92 Å². The van der Waals surface area contributed by atoms with Gasteiger partial charge in [-0.1, -0.05) is 6.92 Å². The maximum atomic E-state index is 15.4. The number of fused-ring (bicyclic) bond motifs is 5. The molecule has 4 rings (SSSR count). The van der Waals surface area contributed by atoms with E-state index in [4.69, 9.17) is 4.74 Å². The second kappa shape index (κ2) is 6.28. The highest BCUT2D eigenvalue weighted by Gasteiger charge is 2.64. The van der Waals surface area contributed by atoms with E-state index in [0.717, 1.165) is 32.1 Å². The molecule has 0 radical (unpaired) electrons. The van der Waals surface area contributed by atoms with Crippen LogP contribution in [0.5, 0.6) is 0 Å². The van der Waals surface area contributed by atoms with E-state index in [0.29, 0.717) is 12.3 Å². The molecule has 6 heteroatoms. The summed E-state index contributed by atoms with van der Waals surface area (Å²) in [7, 11) is 0. The molecule has 4 fully saturated rings. The average Bonchev–Trinajstić information content (AvgIpc) is 2.58. The summed E-state index contributed by atoms with van der Waals surface area (Å²) in [6.45, 7) is 5.43. The molecule has 27 heavy (non-hydrogen) atoms. The first-order chi connectivity index (χ1) is 12.7. The summed E-state index contributed by atoms with van der Waals surface area (Å²) in [4.78, 5) is 35.9. The molecule has 1 N–H and O–H groups in total. The molecule has 1 aliphatic heterocycles. The van der Waals surface area contributed by atoms with Gasteiger partial charge < -0.3 is 4.74 Å². The molecule has 3 aliphatic carbocycles. The van der Waals surface area contributed by atoms with Crippen molar-refractivity contribution >= 4 is 17.8 Å². The van der Waals surface area contributed by atoms with Crippen LogP contribution in [0.25, 0.3) is 0 Å². The molecule has 0 aromatic carbocycles. The number of ether oxygens (including phenoxy) is 1. The number of carbonyl (C=O) groups is 3. The largest absolute Gasteiger partial charge is 0.463 e. The Balaban J connectivity index is 1.61. The van der Waals surface area contributed by atoms with E-state index < -0.39 is 17.5 Å². The predicted molar refractivity (Wildman–Crippen MR) is 96.1 cm³/mol. The van der Waals surface area contributed by atoms with Crippen molar-refractivity contribution in [1.82, 2.24) is 5.32 Å². The minimum Gasteiger partial charge on any atom is -0.463 e. The number of amides is 2. The maximum absolute atomic E-state index is 15.4. The fourth-order valence-electron chi connectivity index (χ4n) is 7.00. The van der Waals surface area contributed by atoms with E-state index in [2.05, 4.69) is 12.2 Å². The van der Waals surface area contributed by atoms with Gasteiger partial charge in [0.15, 0.2) is 0 Å². The zero-order valence-electron chi connectivity index (χ0n) is 16.4. The number of piperidine rings is 1. The van der Waals surface area contributed by atoms with Gasteiger partial charge >= 0.3 is 5.97 Å². The Hall–Kier alpha value is -1.46. The molecular weight excluding hydrogens is 349 g/mol. The van der Waals surface area contributed by atoms with E-state index >= 15 is 4.39 Å². The third kappa shape index (κ3) is 2.73. The summed E-state index contributed by atoms with van der Waals surface area (Å²) in [5.41, 5.74) is -1.10. The third-order valence-electron chi connectivity index (χ3n) is 8.58. The first-order valence-electron chi connectivity index (χ1n) is 10.3. The number of nitrogens with one attached hydrogen (secondary N) is 1. The van der Waals surface area contributed by atoms with Crippen molar-refractivity contribution < 1.29 is 23.5 Å². The summed E-state index contributed by atoms with van der Waals surface area (Å²) in [5.74, 6) is -0.342. The molecule has 1 saturated heterocycles. The van der Waals surface area contributed by atoms with Crippen molar-refractivity contribution in [1.29, 1.82) is 0 Å². The van der Waals surface area contributed by atoms with Crippen molar-refractivity contribution in [2.45, 2.75) is 78.0 Å². The molecular formula is C21H30FNO4. The van der Waals surface area contributed by atoms with Gasteiger partial charge in [-0.2, -0.15) is 0 Å². The van der Waals surface area contributed by atoms with Gasteiger partial charge in [-0.3, -0.25) is 19.7 Å². The number of alkyl halides is 1. The minimum absolute atomic E-state index is 0.0117. The van der Waals surface area contributed by atoms with Gasteiger partial charge in [0.25, 0.3) is 0 Å². The van der Waals surface area contributed by atoms with E-state index in [1.165, 1.54) is 6.92 Å². The summed E-state index contributed by atoms with van der Waals surface area (Å²) >= 11 is 0. The Bertz CT molecular complexity index is 681. The van der Waals surface area contributed by atoms with Crippen molar-refractivity contribution in [3.8, 4) is 0 Å². The first kappa shape index (κ1) is 18.9. The van der Waals surface area contributed by atoms with Gasteiger partial charge in [-0.05, 0) is 74.5 Å². The predicted octanol–water partition coefficient (Wildman–Crippen LogP) is 3.16. The molecule has 8 atom stereocenters. The lowest BCUT2D eigenvalue weighted by Crippen LogP contribution is -2.65. The van der Waals surface area contributed by atoms with Crippen molar-refractivity contribution in [2.24, 2.45) is 34.5 Å². The van der Waals surface area contributed by atoms with Crippen LogP contribution in [0.1, 0.15) is 65.7 Å². The second-order valence-electron chi connectivity index (χ2n) is 9.73. The molecule has 4 aliphatic rings. The molecule has 3 saturated carbocycles. The molecule has 0 bridgehead atoms. The molecule has 150 valence electrons. The topological polar surface area (TPSA) is 72.5 Å². The molecule has 0 aromatic rings. The molecule has 5 nitrogen and oxygen atoms in total. The van der Waals surface area contributed by atoms with Crippen LogP contribution < -0.4 is 5.32 Å². The molecule has 1 heterocycles. The van der Waals surface area contributed by atoms with Crippen LogP contribution in [0.4, 0.5) is 4.39 Å². The van der Waals surface area contributed by atoms with Crippen LogP contribution in [0.15, 0.2) is 0 Å². The van der Waals surface area contributed by atoms with Gasteiger partial charge in [0.2, 0.25) is 11.8 Å². The SMILES string of the molecule is CC(=O)O[C@H]1CC[C@@]2(C)[C@@H](CC[C@@H]3[C@@H]2C[C@H](F)[C@]2(C)C(=O)NC(=O)C[C@@H]32)C1. The van der Waals surface area contributed by atoms with Gasteiger partial charge in [0.1, 0.15) is 12.3 Å². The van der Waals surface area contributed by atoms with Crippen LogP contribution in [-0.4, -0.2) is 30.1 Å². The number of rotatable bonds is 1. The van der Waals surface area contributed by atoms with Crippen LogP contribution >= 0.6 is 0 Å². The van der Waals surface area contributed by atoms with Crippen molar-refractivity contribution in [3.63, 3.8) is 0 Å². The first-order valence-corrected chi connectivity index (χ1v) is 10.3. The van der Waals surface area contributed by atoms with E-state index in [1.807, 2.05) is 0 Å². The summed E-state index contributed by atoms with van der Waals surface area (Å²) in [6, 6.07) is 0. The lowest BCUT2D eigenvalue weighted by Gasteiger charge is -2.62. The second-order valence-corrected chi connectivity index (χ2v) is 9.73. The monoisotopic (exact) mass is 379 g/mol. The Labute approximate surface area is 159 Å². The fraction of sp³-hybridized carbons (Fsp3) is 0.857. The number of halogens is 1. The highest BCUT2D eigenvalue weighted by molar-refractivity contribution is 6.01. The zero-order valence-corrected chi connectivity index (χ0v) is 16.4. The number of carbonyl (C=O) groups excluding carboxylic acids is 3. The van der Waals surface area contributed by atoms with Gasteiger partial charge in [-0.15, -0.1) is 0 Å². The Kier molecular flexibility index (Phi) is 4.39. The van der Waals surface area contributed by atoms with Gasteiger partial charge in [0.05, 0.1) is 5.41 Å².